The molecule has 1 aromatic carbocycles. The number of nitrogens with one attached hydrogen (secondary N) is 1. The van der Waals surface area contributed by atoms with E-state index in [1.54, 1.807) is 11.3 Å². The van der Waals surface area contributed by atoms with Crippen LogP contribution in [-0.4, -0.2) is 22.3 Å². The van der Waals surface area contributed by atoms with Crippen LogP contribution in [0.5, 0.6) is 0 Å². The Morgan fingerprint density at radius 3 is 2.68 bits per heavy atom. The second-order valence-electron chi connectivity index (χ2n) is 5.78. The monoisotopic (exact) mass is 317 g/mol. The van der Waals surface area contributed by atoms with Crippen LogP contribution in [0.3, 0.4) is 0 Å². The highest BCUT2D eigenvalue weighted by atomic mass is 32.1. The van der Waals surface area contributed by atoms with Gasteiger partial charge in [-0.1, -0.05) is 25.0 Å². The van der Waals surface area contributed by atoms with Crippen molar-refractivity contribution in [1.82, 2.24) is 10.3 Å². The van der Waals surface area contributed by atoms with Crippen LogP contribution < -0.4 is 11.1 Å². The molecule has 0 unspecified atom stereocenters. The number of rotatable bonds is 5. The van der Waals surface area contributed by atoms with Gasteiger partial charge in [0.1, 0.15) is 5.54 Å². The summed E-state index contributed by atoms with van der Waals surface area (Å²) in [6, 6.07) is 7.93. The van der Waals surface area contributed by atoms with Crippen LogP contribution in [0.4, 0.5) is 0 Å². The Balaban J connectivity index is 1.61. The van der Waals surface area contributed by atoms with Crippen molar-refractivity contribution in [2.24, 2.45) is 5.73 Å². The predicted octanol–water partition coefficient (Wildman–Crippen LogP) is 2.14. The largest absolute Gasteiger partial charge is 0.368 e. The molecule has 22 heavy (non-hydrogen) atoms. The number of aryl methyl sites for hydroxylation is 1. The van der Waals surface area contributed by atoms with Crippen molar-refractivity contribution in [1.29, 1.82) is 0 Å². The van der Waals surface area contributed by atoms with Crippen molar-refractivity contribution in [3.63, 3.8) is 0 Å². The molecule has 3 N–H and O–H groups in total. The molecule has 2 aromatic rings. The molecule has 2 amide bonds. The lowest BCUT2D eigenvalue weighted by molar-refractivity contribution is -0.131. The number of para-hydroxylation sites is 1. The quantitative estimate of drug-likeness (QED) is 0.886. The molecule has 3 rings (SSSR count). The molecule has 1 fully saturated rings. The van der Waals surface area contributed by atoms with Crippen LogP contribution in [0.25, 0.3) is 10.2 Å². The molecular weight excluding hydrogens is 298 g/mol. The van der Waals surface area contributed by atoms with E-state index < -0.39 is 11.4 Å². The van der Waals surface area contributed by atoms with Crippen molar-refractivity contribution in [2.75, 3.05) is 0 Å². The van der Waals surface area contributed by atoms with Gasteiger partial charge in [-0.25, -0.2) is 4.98 Å². The highest BCUT2D eigenvalue weighted by Crippen LogP contribution is 2.29. The van der Waals surface area contributed by atoms with Gasteiger partial charge in [0, 0.05) is 12.8 Å². The Bertz CT molecular complexity index is 671. The molecule has 1 saturated carbocycles. The summed E-state index contributed by atoms with van der Waals surface area (Å²) < 4.78 is 1.13. The Morgan fingerprint density at radius 2 is 2.00 bits per heavy atom. The molecule has 0 spiro atoms. The first kappa shape index (κ1) is 15.0. The minimum absolute atomic E-state index is 0.125. The van der Waals surface area contributed by atoms with Gasteiger partial charge in [0.2, 0.25) is 11.8 Å². The minimum Gasteiger partial charge on any atom is -0.368 e. The summed E-state index contributed by atoms with van der Waals surface area (Å²) in [5, 5.41) is 3.80. The Hall–Kier alpha value is -1.95. The highest BCUT2D eigenvalue weighted by Gasteiger charge is 2.40. The summed E-state index contributed by atoms with van der Waals surface area (Å²) in [7, 11) is 0. The lowest BCUT2D eigenvalue weighted by atomic mass is 9.96. The van der Waals surface area contributed by atoms with Gasteiger partial charge in [0.15, 0.2) is 0 Å². The number of thiazole rings is 1. The smallest absolute Gasteiger partial charge is 0.243 e. The molecule has 0 radical (unpaired) electrons. The number of hydrogen-bond acceptors (Lipinski definition) is 4. The second-order valence-corrected chi connectivity index (χ2v) is 6.89. The van der Waals surface area contributed by atoms with Gasteiger partial charge in [0.25, 0.3) is 0 Å². The van der Waals surface area contributed by atoms with Gasteiger partial charge in [-0.05, 0) is 25.0 Å². The summed E-state index contributed by atoms with van der Waals surface area (Å²) in [4.78, 5) is 28.3. The fraction of sp³-hybridized carbons (Fsp3) is 0.438. The summed E-state index contributed by atoms with van der Waals surface area (Å²) in [5.74, 6) is -0.543. The average Bonchev–Trinajstić information content (AvgIpc) is 3.11. The normalized spacial score (nSPS) is 16.7. The number of benzene rings is 1. The first-order chi connectivity index (χ1) is 10.6. The highest BCUT2D eigenvalue weighted by molar-refractivity contribution is 7.18. The van der Waals surface area contributed by atoms with Crippen LogP contribution in [0.1, 0.15) is 37.1 Å². The number of nitrogens with two attached hydrogens (primary N) is 1. The van der Waals surface area contributed by atoms with E-state index in [2.05, 4.69) is 10.3 Å². The SMILES string of the molecule is NC(=O)C1(NC(=O)CCc2nc3ccccc3s2)CCCC1. The predicted molar refractivity (Wildman–Crippen MR) is 86.5 cm³/mol. The number of hydrogen-bond donors (Lipinski definition) is 2. The van der Waals surface area contributed by atoms with Gasteiger partial charge < -0.3 is 11.1 Å². The zero-order valence-electron chi connectivity index (χ0n) is 12.3. The van der Waals surface area contributed by atoms with E-state index in [0.29, 0.717) is 25.7 Å². The van der Waals surface area contributed by atoms with Crippen LogP contribution in [0.2, 0.25) is 0 Å². The van der Waals surface area contributed by atoms with E-state index >= 15 is 0 Å². The third kappa shape index (κ3) is 2.97. The van der Waals surface area contributed by atoms with Crippen molar-refractivity contribution in [3.05, 3.63) is 29.3 Å². The minimum atomic E-state index is -0.829. The summed E-state index contributed by atoms with van der Waals surface area (Å²) >= 11 is 1.60. The standard InChI is InChI=1S/C16H19N3O2S/c17-15(21)16(9-3-4-10-16)19-13(20)7-8-14-18-11-5-1-2-6-12(11)22-14/h1-2,5-6H,3-4,7-10H2,(H2,17,21)(H,19,20). The van der Waals surface area contributed by atoms with Gasteiger partial charge >= 0.3 is 0 Å². The third-order valence-electron chi connectivity index (χ3n) is 4.21. The van der Waals surface area contributed by atoms with Crippen molar-refractivity contribution in [3.8, 4) is 0 Å². The van der Waals surface area contributed by atoms with E-state index in [4.69, 9.17) is 5.73 Å². The van der Waals surface area contributed by atoms with Crippen molar-refractivity contribution >= 4 is 33.4 Å². The first-order valence-electron chi connectivity index (χ1n) is 7.54. The van der Waals surface area contributed by atoms with Crippen molar-refractivity contribution < 1.29 is 9.59 Å². The van der Waals surface area contributed by atoms with Crippen LogP contribution >= 0.6 is 11.3 Å². The Kier molecular flexibility index (Phi) is 4.11. The number of nitrogens with zero attached hydrogens (tertiary/aromatic N) is 1. The zero-order chi connectivity index (χ0) is 15.6. The number of amides is 2. The lowest BCUT2D eigenvalue weighted by Crippen LogP contribution is -2.55. The summed E-state index contributed by atoms with van der Waals surface area (Å²) in [6.07, 6.45) is 4.07. The topological polar surface area (TPSA) is 85.1 Å². The summed E-state index contributed by atoms with van der Waals surface area (Å²) in [6.45, 7) is 0. The Labute approximate surface area is 132 Å². The first-order valence-corrected chi connectivity index (χ1v) is 8.36. The maximum Gasteiger partial charge on any atom is 0.243 e. The molecular formula is C16H19N3O2S. The van der Waals surface area contributed by atoms with Crippen LogP contribution in [0.15, 0.2) is 24.3 Å². The number of primary amides is 1. The van der Waals surface area contributed by atoms with Gasteiger partial charge in [0.05, 0.1) is 15.2 Å². The molecule has 6 heteroatoms. The molecule has 0 aliphatic heterocycles. The summed E-state index contributed by atoms with van der Waals surface area (Å²) in [5.41, 5.74) is 5.61. The molecule has 0 bridgehead atoms. The third-order valence-corrected chi connectivity index (χ3v) is 5.31. The zero-order valence-corrected chi connectivity index (χ0v) is 13.1. The van der Waals surface area contributed by atoms with E-state index in [9.17, 15) is 9.59 Å². The lowest BCUT2D eigenvalue weighted by Gasteiger charge is -2.26. The van der Waals surface area contributed by atoms with Crippen LogP contribution in [-0.2, 0) is 16.0 Å². The maximum atomic E-state index is 12.2. The Morgan fingerprint density at radius 1 is 1.27 bits per heavy atom. The van der Waals surface area contributed by atoms with E-state index in [-0.39, 0.29) is 5.91 Å². The molecule has 116 valence electrons. The van der Waals surface area contributed by atoms with E-state index in [0.717, 1.165) is 28.1 Å². The molecule has 5 nitrogen and oxygen atoms in total. The number of carbonyl (C=O) groups is 2. The molecule has 1 heterocycles. The molecule has 0 saturated heterocycles. The number of fused-ring (bicyclic) bond motifs is 1. The maximum absolute atomic E-state index is 12.2. The van der Waals surface area contributed by atoms with Gasteiger partial charge in [-0.3, -0.25) is 9.59 Å². The molecule has 0 atom stereocenters. The van der Waals surface area contributed by atoms with Crippen molar-refractivity contribution in [2.45, 2.75) is 44.1 Å². The van der Waals surface area contributed by atoms with Gasteiger partial charge in [-0.2, -0.15) is 0 Å². The van der Waals surface area contributed by atoms with E-state index in [1.165, 1.54) is 0 Å². The second kappa shape index (κ2) is 6.04. The fourth-order valence-corrected chi connectivity index (χ4v) is 3.96. The molecule has 1 aliphatic rings. The number of carbonyl (C=O) groups excluding carboxylic acids is 2. The van der Waals surface area contributed by atoms with E-state index in [1.807, 2.05) is 24.3 Å². The molecule has 1 aliphatic carbocycles. The van der Waals surface area contributed by atoms with Crippen LogP contribution in [0, 0.1) is 0 Å². The fourth-order valence-electron chi connectivity index (χ4n) is 2.99. The van der Waals surface area contributed by atoms with Gasteiger partial charge in [-0.15, -0.1) is 11.3 Å². The number of aromatic nitrogens is 1. The molecule has 1 aromatic heterocycles. The average molecular weight is 317 g/mol.